The van der Waals surface area contributed by atoms with Gasteiger partial charge in [0.15, 0.2) is 5.96 Å². The molecule has 0 saturated carbocycles. The zero-order valence-corrected chi connectivity index (χ0v) is 14.8. The molecule has 122 valence electrons. The first kappa shape index (κ1) is 17.1. The third kappa shape index (κ3) is 5.88. The Bertz CT molecular complexity index is 482. The summed E-state index contributed by atoms with van der Waals surface area (Å²) < 4.78 is 0. The van der Waals surface area contributed by atoms with Crippen molar-refractivity contribution in [3.8, 4) is 0 Å². The molecule has 7 heteroatoms. The highest BCUT2D eigenvalue weighted by Crippen LogP contribution is 2.16. The molecule has 0 aromatic carbocycles. The van der Waals surface area contributed by atoms with E-state index < -0.39 is 0 Å². The number of amides is 1. The fraction of sp³-hybridized carbons (Fsp3) is 0.600. The summed E-state index contributed by atoms with van der Waals surface area (Å²) in [6.07, 6.45) is 2.39. The van der Waals surface area contributed by atoms with Crippen molar-refractivity contribution in [2.45, 2.75) is 25.4 Å². The van der Waals surface area contributed by atoms with Gasteiger partial charge >= 0.3 is 0 Å². The Morgan fingerprint density at radius 1 is 1.50 bits per heavy atom. The van der Waals surface area contributed by atoms with E-state index in [0.29, 0.717) is 6.04 Å². The van der Waals surface area contributed by atoms with Crippen LogP contribution in [-0.4, -0.2) is 55.0 Å². The van der Waals surface area contributed by atoms with E-state index in [0.717, 1.165) is 24.7 Å². The molecule has 1 aromatic heterocycles. The van der Waals surface area contributed by atoms with Gasteiger partial charge in [0.2, 0.25) is 5.91 Å². The molecular formula is C15H24N4OS2. The van der Waals surface area contributed by atoms with E-state index in [1.54, 1.807) is 30.3 Å². The number of hydrogen-bond acceptors (Lipinski definition) is 4. The molecule has 1 aromatic rings. The third-order valence-corrected chi connectivity index (χ3v) is 5.47. The SMILES string of the molecule is CN(C)C(=O)CN=C(NCc1cccs1)NC1CCCSC1. The molecule has 2 heterocycles. The quantitative estimate of drug-likeness (QED) is 0.634. The molecule has 0 radical (unpaired) electrons. The lowest BCUT2D eigenvalue weighted by Crippen LogP contribution is -2.45. The van der Waals surface area contributed by atoms with Crippen molar-refractivity contribution >= 4 is 35.0 Å². The minimum absolute atomic E-state index is 0.00948. The van der Waals surface area contributed by atoms with Gasteiger partial charge in [-0.15, -0.1) is 11.3 Å². The van der Waals surface area contributed by atoms with Crippen LogP contribution in [0.15, 0.2) is 22.5 Å². The maximum absolute atomic E-state index is 11.7. The lowest BCUT2D eigenvalue weighted by molar-refractivity contribution is -0.127. The number of carbonyl (C=O) groups excluding carboxylic acids is 1. The number of nitrogens with one attached hydrogen (secondary N) is 2. The highest BCUT2D eigenvalue weighted by Gasteiger charge is 2.15. The summed E-state index contributed by atoms with van der Waals surface area (Å²) in [4.78, 5) is 19.0. The molecule has 5 nitrogen and oxygen atoms in total. The molecule has 1 amide bonds. The van der Waals surface area contributed by atoms with Crippen LogP contribution in [0.1, 0.15) is 17.7 Å². The predicted molar refractivity (Wildman–Crippen MR) is 95.6 cm³/mol. The molecule has 1 aliphatic rings. The first-order valence-electron chi connectivity index (χ1n) is 7.50. The monoisotopic (exact) mass is 340 g/mol. The van der Waals surface area contributed by atoms with Crippen molar-refractivity contribution in [3.05, 3.63) is 22.4 Å². The fourth-order valence-corrected chi connectivity index (χ4v) is 3.79. The van der Waals surface area contributed by atoms with Gasteiger partial charge < -0.3 is 15.5 Å². The van der Waals surface area contributed by atoms with Crippen LogP contribution >= 0.6 is 23.1 Å². The standard InChI is InChI=1S/C15H24N4OS2/c1-19(2)14(20)10-17-15(16-9-13-6-4-8-22-13)18-12-5-3-7-21-11-12/h4,6,8,12H,3,5,7,9-11H2,1-2H3,(H2,16,17,18). The number of aliphatic imine (C=N–C) groups is 1. The van der Waals surface area contributed by atoms with Gasteiger partial charge in [0.1, 0.15) is 6.54 Å². The first-order chi connectivity index (χ1) is 10.6. The molecule has 1 atom stereocenters. The summed E-state index contributed by atoms with van der Waals surface area (Å²) in [6.45, 7) is 0.909. The fourth-order valence-electron chi connectivity index (χ4n) is 2.07. The number of hydrogen-bond donors (Lipinski definition) is 2. The van der Waals surface area contributed by atoms with Gasteiger partial charge in [-0.25, -0.2) is 4.99 Å². The average molecular weight is 341 g/mol. The van der Waals surface area contributed by atoms with Gasteiger partial charge in [0.05, 0.1) is 6.54 Å². The van der Waals surface area contributed by atoms with Crippen molar-refractivity contribution < 1.29 is 4.79 Å². The predicted octanol–water partition coefficient (Wildman–Crippen LogP) is 1.77. The van der Waals surface area contributed by atoms with Crippen LogP contribution in [-0.2, 0) is 11.3 Å². The van der Waals surface area contributed by atoms with Crippen LogP contribution in [0.3, 0.4) is 0 Å². The Labute approximate surface area is 140 Å². The number of thioether (sulfide) groups is 1. The summed E-state index contributed by atoms with van der Waals surface area (Å²) in [6, 6.07) is 4.57. The summed E-state index contributed by atoms with van der Waals surface area (Å²) in [5.41, 5.74) is 0. The Balaban J connectivity index is 1.92. The molecule has 2 N–H and O–H groups in total. The number of carbonyl (C=O) groups is 1. The summed E-state index contributed by atoms with van der Waals surface area (Å²) in [5, 5.41) is 8.86. The maximum atomic E-state index is 11.7. The van der Waals surface area contributed by atoms with E-state index >= 15 is 0 Å². The maximum Gasteiger partial charge on any atom is 0.243 e. The average Bonchev–Trinajstić information content (AvgIpc) is 3.04. The molecule has 0 bridgehead atoms. The summed E-state index contributed by atoms with van der Waals surface area (Å²) in [7, 11) is 3.50. The molecule has 22 heavy (non-hydrogen) atoms. The van der Waals surface area contributed by atoms with Crippen LogP contribution < -0.4 is 10.6 Å². The van der Waals surface area contributed by atoms with Gasteiger partial charge in [-0.1, -0.05) is 6.07 Å². The summed E-state index contributed by atoms with van der Waals surface area (Å²) in [5.74, 6) is 3.08. The molecule has 0 aliphatic carbocycles. The van der Waals surface area contributed by atoms with Crippen molar-refractivity contribution in [1.82, 2.24) is 15.5 Å². The largest absolute Gasteiger partial charge is 0.353 e. The third-order valence-electron chi connectivity index (χ3n) is 3.38. The number of guanidine groups is 1. The Hall–Kier alpha value is -1.21. The highest BCUT2D eigenvalue weighted by molar-refractivity contribution is 7.99. The lowest BCUT2D eigenvalue weighted by atomic mass is 10.2. The second-order valence-corrected chi connectivity index (χ2v) is 7.63. The van der Waals surface area contributed by atoms with Crippen molar-refractivity contribution in [3.63, 3.8) is 0 Å². The van der Waals surface area contributed by atoms with E-state index in [-0.39, 0.29) is 12.5 Å². The van der Waals surface area contributed by atoms with Crippen molar-refractivity contribution in [2.75, 3.05) is 32.1 Å². The summed E-state index contributed by atoms with van der Waals surface area (Å²) >= 11 is 3.69. The highest BCUT2D eigenvalue weighted by atomic mass is 32.2. The lowest BCUT2D eigenvalue weighted by Gasteiger charge is -2.24. The van der Waals surface area contributed by atoms with Crippen molar-refractivity contribution in [2.24, 2.45) is 4.99 Å². The Morgan fingerprint density at radius 3 is 3.00 bits per heavy atom. The van der Waals surface area contributed by atoms with Crippen molar-refractivity contribution in [1.29, 1.82) is 0 Å². The molecular weight excluding hydrogens is 316 g/mol. The second-order valence-electron chi connectivity index (χ2n) is 5.44. The second kappa shape index (κ2) is 9.05. The van der Waals surface area contributed by atoms with E-state index in [9.17, 15) is 4.79 Å². The molecule has 0 spiro atoms. The van der Waals surface area contributed by atoms with Gasteiger partial charge in [0, 0.05) is 30.8 Å². The minimum Gasteiger partial charge on any atom is -0.353 e. The number of thiophene rings is 1. The van der Waals surface area contributed by atoms with E-state index in [1.165, 1.54) is 17.1 Å². The first-order valence-corrected chi connectivity index (χ1v) is 9.53. The van der Waals surface area contributed by atoms with Crippen LogP contribution in [0.5, 0.6) is 0 Å². The van der Waals surface area contributed by atoms with Gasteiger partial charge in [-0.2, -0.15) is 11.8 Å². The van der Waals surface area contributed by atoms with Gasteiger partial charge in [-0.05, 0) is 30.0 Å². The van der Waals surface area contributed by atoms with E-state index in [2.05, 4.69) is 27.1 Å². The van der Waals surface area contributed by atoms with Crippen LogP contribution in [0.4, 0.5) is 0 Å². The molecule has 2 rings (SSSR count). The van der Waals surface area contributed by atoms with Gasteiger partial charge in [0.25, 0.3) is 0 Å². The Kier molecular flexibility index (Phi) is 7.05. The zero-order valence-electron chi connectivity index (χ0n) is 13.2. The van der Waals surface area contributed by atoms with Crippen LogP contribution in [0.25, 0.3) is 0 Å². The minimum atomic E-state index is 0.00948. The smallest absolute Gasteiger partial charge is 0.243 e. The molecule has 1 fully saturated rings. The van der Waals surface area contributed by atoms with Gasteiger partial charge in [-0.3, -0.25) is 4.79 Å². The van der Waals surface area contributed by atoms with Crippen LogP contribution in [0.2, 0.25) is 0 Å². The Morgan fingerprint density at radius 2 is 2.36 bits per heavy atom. The molecule has 1 saturated heterocycles. The van der Waals surface area contributed by atoms with Crippen LogP contribution in [0, 0.1) is 0 Å². The number of rotatable bonds is 5. The zero-order chi connectivity index (χ0) is 15.8. The molecule has 1 aliphatic heterocycles. The number of nitrogens with zero attached hydrogens (tertiary/aromatic N) is 2. The normalized spacial score (nSPS) is 18.8. The van der Waals surface area contributed by atoms with E-state index in [1.807, 2.05) is 17.8 Å². The number of likely N-dealkylation sites (N-methyl/N-ethyl adjacent to an activating group) is 1. The topological polar surface area (TPSA) is 56.7 Å². The van der Waals surface area contributed by atoms with E-state index in [4.69, 9.17) is 0 Å². The molecule has 1 unspecified atom stereocenters.